The first-order valence-corrected chi connectivity index (χ1v) is 15.8. The number of rotatable bonds is 8. The summed E-state index contributed by atoms with van der Waals surface area (Å²) in [4.78, 5) is 17.9. The summed E-state index contributed by atoms with van der Waals surface area (Å²) in [7, 11) is 0. The van der Waals surface area contributed by atoms with Gasteiger partial charge in [-0.1, -0.05) is 29.3 Å². The zero-order valence-corrected chi connectivity index (χ0v) is 25.9. The molecule has 1 atom stereocenters. The third-order valence-corrected chi connectivity index (χ3v) is 8.65. The molecule has 1 amide bonds. The number of piperidine rings is 1. The van der Waals surface area contributed by atoms with E-state index in [9.17, 15) is 10.1 Å². The summed E-state index contributed by atoms with van der Waals surface area (Å²) in [6, 6.07) is 22.0. The third-order valence-electron chi connectivity index (χ3n) is 8.41. The van der Waals surface area contributed by atoms with Gasteiger partial charge in [0.05, 0.1) is 30.0 Å². The van der Waals surface area contributed by atoms with Gasteiger partial charge in [-0.3, -0.25) is 9.78 Å². The Hall–Kier alpha value is -4.88. The van der Waals surface area contributed by atoms with Crippen molar-refractivity contribution in [2.75, 3.05) is 36.9 Å². The smallest absolute Gasteiger partial charge is 0.248 e. The van der Waals surface area contributed by atoms with Crippen LogP contribution in [0.2, 0.25) is 5.02 Å². The van der Waals surface area contributed by atoms with E-state index < -0.39 is 0 Å². The fraction of sp³-hybridized carbons (Fsp3) is 0.250. The maximum absolute atomic E-state index is 13.3. The summed E-state index contributed by atoms with van der Waals surface area (Å²) in [5.74, 6) is 0.288. The summed E-state index contributed by atoms with van der Waals surface area (Å²) in [5.41, 5.74) is 6.11. The highest BCUT2D eigenvalue weighted by Crippen LogP contribution is 2.39. The highest BCUT2D eigenvalue weighted by Gasteiger charge is 2.23. The topological polar surface area (TPSA) is 113 Å². The van der Waals surface area contributed by atoms with Crippen LogP contribution in [-0.4, -0.2) is 47.9 Å². The minimum absolute atomic E-state index is 0.121. The number of fused-ring (bicyclic) bond motifs is 2. The van der Waals surface area contributed by atoms with Crippen LogP contribution in [0, 0.1) is 11.3 Å². The average Bonchev–Trinajstić information content (AvgIpc) is 3.72. The number of carbonyl (C=O) groups excluding carboxylic acids is 1. The third kappa shape index (κ3) is 6.42. The summed E-state index contributed by atoms with van der Waals surface area (Å²) in [5, 5.41) is 22.4. The van der Waals surface area contributed by atoms with Crippen molar-refractivity contribution in [3.05, 3.63) is 101 Å². The van der Waals surface area contributed by atoms with Gasteiger partial charge in [0, 0.05) is 58.4 Å². The van der Waals surface area contributed by atoms with E-state index in [1.807, 2.05) is 36.4 Å². The number of ether oxygens (including phenoxy) is 2. The molecule has 3 aromatic carbocycles. The lowest BCUT2D eigenvalue weighted by Gasteiger charge is -2.20. The van der Waals surface area contributed by atoms with Crippen LogP contribution in [0.1, 0.15) is 30.4 Å². The summed E-state index contributed by atoms with van der Waals surface area (Å²) in [6.45, 7) is 3.53. The first-order valence-electron chi connectivity index (χ1n) is 15.5. The van der Waals surface area contributed by atoms with Gasteiger partial charge in [0.15, 0.2) is 0 Å². The number of benzene rings is 3. The Morgan fingerprint density at radius 3 is 2.85 bits per heavy atom. The minimum Gasteiger partial charge on any atom is -0.486 e. The molecule has 2 aliphatic rings. The zero-order valence-electron chi connectivity index (χ0n) is 25.2. The first kappa shape index (κ1) is 29.8. The number of nitriles is 1. The van der Waals surface area contributed by atoms with Crippen molar-refractivity contribution in [1.29, 1.82) is 5.26 Å². The van der Waals surface area contributed by atoms with E-state index in [0.29, 0.717) is 58.4 Å². The second kappa shape index (κ2) is 13.2. The number of carbonyl (C=O) groups is 1. The van der Waals surface area contributed by atoms with Crippen LogP contribution in [0.5, 0.6) is 5.75 Å². The molecule has 0 radical (unpaired) electrons. The Balaban J connectivity index is 1.23. The van der Waals surface area contributed by atoms with Crippen LogP contribution >= 0.6 is 11.6 Å². The second-order valence-electron chi connectivity index (χ2n) is 11.6. The van der Waals surface area contributed by atoms with E-state index in [-0.39, 0.29) is 12.0 Å². The predicted octanol–water partition coefficient (Wildman–Crippen LogP) is 6.92. The number of hydrogen-bond donors (Lipinski definition) is 3. The van der Waals surface area contributed by atoms with Gasteiger partial charge in [0.1, 0.15) is 23.6 Å². The molecule has 2 aliphatic heterocycles. The van der Waals surface area contributed by atoms with E-state index in [4.69, 9.17) is 21.1 Å². The van der Waals surface area contributed by atoms with E-state index >= 15 is 0 Å². The number of anilines is 3. The molecule has 0 bridgehead atoms. The fourth-order valence-corrected chi connectivity index (χ4v) is 6.31. The SMILES string of the molecule is N#Cc1cnc2c(NC(=O)C=C3CCNCC3)c(OC3CCOC3)ccc2c1Nc1ccc2c(ccn2Cc2cccc(Cl)c2)c1. The molecular weight excluding hydrogens is 600 g/mol. The van der Waals surface area contributed by atoms with Crippen molar-refractivity contribution >= 4 is 56.4 Å². The minimum atomic E-state index is -0.231. The average molecular weight is 633 g/mol. The van der Waals surface area contributed by atoms with E-state index in [2.05, 4.69) is 62.0 Å². The largest absolute Gasteiger partial charge is 0.486 e. The normalized spacial score (nSPS) is 16.3. The molecule has 10 heteroatoms. The van der Waals surface area contributed by atoms with Crippen molar-refractivity contribution in [3.8, 4) is 11.8 Å². The van der Waals surface area contributed by atoms with E-state index in [0.717, 1.165) is 60.1 Å². The molecule has 9 nitrogen and oxygen atoms in total. The lowest BCUT2D eigenvalue weighted by atomic mass is 10.0. The highest BCUT2D eigenvalue weighted by atomic mass is 35.5. The number of pyridine rings is 1. The van der Waals surface area contributed by atoms with Crippen molar-refractivity contribution in [2.45, 2.75) is 31.9 Å². The lowest BCUT2D eigenvalue weighted by Crippen LogP contribution is -2.24. The lowest BCUT2D eigenvalue weighted by molar-refractivity contribution is -0.112. The maximum atomic E-state index is 13.3. The van der Waals surface area contributed by atoms with Crippen LogP contribution in [0.15, 0.2) is 84.7 Å². The number of nitrogens with zero attached hydrogens (tertiary/aromatic N) is 3. The van der Waals surface area contributed by atoms with Gasteiger partial charge in [-0.05, 0) is 80.0 Å². The molecule has 46 heavy (non-hydrogen) atoms. The Morgan fingerprint density at radius 1 is 1.15 bits per heavy atom. The molecule has 3 N–H and O–H groups in total. The number of aromatic nitrogens is 2. The summed E-state index contributed by atoms with van der Waals surface area (Å²) >= 11 is 6.21. The Labute approximate surface area is 271 Å². The van der Waals surface area contributed by atoms with E-state index in [1.54, 1.807) is 6.08 Å². The molecule has 0 aliphatic carbocycles. The van der Waals surface area contributed by atoms with Gasteiger partial charge in [-0.2, -0.15) is 5.26 Å². The number of amides is 1. The van der Waals surface area contributed by atoms with Crippen LogP contribution in [0.4, 0.5) is 17.1 Å². The van der Waals surface area contributed by atoms with Crippen LogP contribution in [0.25, 0.3) is 21.8 Å². The molecule has 5 aromatic rings. The molecule has 1 unspecified atom stereocenters. The Morgan fingerprint density at radius 2 is 2.04 bits per heavy atom. The standard InChI is InChI=1S/C36H33ClN6O3/c37-27-3-1-2-24(16-27)21-43-14-10-25-18-28(4-6-31(25)43)41-34-26(19-38)20-40-35-30(34)5-7-32(46-29-11-15-45-22-29)36(35)42-33(44)17-23-8-12-39-13-9-23/h1-7,10,14,16-18,20,29,39H,8-9,11-13,15,21-22H2,(H,40,41)(H,42,44). The van der Waals surface area contributed by atoms with Crippen molar-refractivity contribution in [2.24, 2.45) is 0 Å². The molecule has 0 saturated carbocycles. The Kier molecular flexibility index (Phi) is 8.57. The van der Waals surface area contributed by atoms with Crippen LogP contribution in [0.3, 0.4) is 0 Å². The monoisotopic (exact) mass is 632 g/mol. The quantitative estimate of drug-likeness (QED) is 0.159. The molecule has 4 heterocycles. The summed E-state index contributed by atoms with van der Waals surface area (Å²) < 4.78 is 14.0. The second-order valence-corrected chi connectivity index (χ2v) is 12.0. The highest BCUT2D eigenvalue weighted by molar-refractivity contribution is 6.30. The van der Waals surface area contributed by atoms with Gasteiger partial charge in [0.25, 0.3) is 0 Å². The van der Waals surface area contributed by atoms with Gasteiger partial charge in [-0.25, -0.2) is 0 Å². The van der Waals surface area contributed by atoms with Gasteiger partial charge in [-0.15, -0.1) is 0 Å². The molecule has 2 saturated heterocycles. The van der Waals surface area contributed by atoms with Crippen molar-refractivity contribution in [3.63, 3.8) is 0 Å². The van der Waals surface area contributed by atoms with Crippen molar-refractivity contribution < 1.29 is 14.3 Å². The van der Waals surface area contributed by atoms with Crippen LogP contribution < -0.4 is 20.7 Å². The zero-order chi connectivity index (χ0) is 31.5. The predicted molar refractivity (Wildman–Crippen MR) is 181 cm³/mol. The molecule has 0 spiro atoms. The Bertz CT molecular complexity index is 2000. The number of halogens is 1. The molecule has 2 aromatic heterocycles. The summed E-state index contributed by atoms with van der Waals surface area (Å²) in [6.07, 6.45) is 7.58. The fourth-order valence-electron chi connectivity index (χ4n) is 6.10. The molecule has 2 fully saturated rings. The maximum Gasteiger partial charge on any atom is 0.248 e. The number of nitrogens with one attached hydrogen (secondary N) is 3. The molecule has 232 valence electrons. The molecule has 7 rings (SSSR count). The van der Waals surface area contributed by atoms with Crippen LogP contribution in [-0.2, 0) is 16.1 Å². The van der Waals surface area contributed by atoms with Gasteiger partial charge < -0.3 is 30.0 Å². The van der Waals surface area contributed by atoms with Gasteiger partial charge in [0.2, 0.25) is 5.91 Å². The number of hydrogen-bond acceptors (Lipinski definition) is 7. The van der Waals surface area contributed by atoms with E-state index in [1.165, 1.54) is 6.20 Å². The van der Waals surface area contributed by atoms with Gasteiger partial charge >= 0.3 is 0 Å². The molecular formula is C36H33ClN6O3. The van der Waals surface area contributed by atoms with Crippen molar-refractivity contribution in [1.82, 2.24) is 14.9 Å². The first-order chi connectivity index (χ1) is 22.5.